The van der Waals surface area contributed by atoms with Gasteiger partial charge < -0.3 is 15.2 Å². The Morgan fingerprint density at radius 1 is 1.12 bits per heavy atom. The second-order valence-corrected chi connectivity index (χ2v) is 5.60. The molecule has 3 rings (SSSR count). The molecule has 0 aliphatic carbocycles. The van der Waals surface area contributed by atoms with Crippen LogP contribution in [0.4, 0.5) is 10.2 Å². The summed E-state index contributed by atoms with van der Waals surface area (Å²) in [5.74, 6) is 0.822. The van der Waals surface area contributed by atoms with Gasteiger partial charge in [-0.2, -0.15) is 5.26 Å². The molecule has 0 fully saturated rings. The van der Waals surface area contributed by atoms with Crippen LogP contribution in [0.15, 0.2) is 48.5 Å². The van der Waals surface area contributed by atoms with Gasteiger partial charge in [0.05, 0.1) is 13.7 Å². The van der Waals surface area contributed by atoms with E-state index in [9.17, 15) is 9.65 Å². The largest absolute Gasteiger partial charge is 0.497 e. The monoisotopic (exact) mass is 352 g/mol. The molecule has 26 heavy (non-hydrogen) atoms. The number of rotatable bonds is 6. The second kappa shape index (κ2) is 7.57. The number of hydrogen-bond donors (Lipinski definition) is 1. The number of halogens is 1. The van der Waals surface area contributed by atoms with E-state index in [4.69, 9.17) is 15.2 Å². The van der Waals surface area contributed by atoms with Crippen LogP contribution in [0.3, 0.4) is 0 Å². The lowest BCUT2D eigenvalue weighted by Gasteiger charge is -2.05. The van der Waals surface area contributed by atoms with Crippen molar-refractivity contribution in [2.45, 2.75) is 13.2 Å². The van der Waals surface area contributed by atoms with Gasteiger partial charge in [-0.05, 0) is 35.4 Å². The van der Waals surface area contributed by atoms with Crippen LogP contribution in [-0.4, -0.2) is 16.9 Å². The van der Waals surface area contributed by atoms with Gasteiger partial charge in [-0.1, -0.05) is 24.3 Å². The molecule has 1 aromatic heterocycles. The van der Waals surface area contributed by atoms with E-state index in [-0.39, 0.29) is 29.7 Å². The maximum atomic E-state index is 13.0. The molecule has 3 aromatic rings. The highest BCUT2D eigenvalue weighted by molar-refractivity contribution is 5.55. The highest BCUT2D eigenvalue weighted by Gasteiger charge is 2.17. The summed E-state index contributed by atoms with van der Waals surface area (Å²) in [5, 5.41) is 13.6. The average Bonchev–Trinajstić information content (AvgIpc) is 2.96. The Morgan fingerprint density at radius 2 is 1.77 bits per heavy atom. The fraction of sp³-hybridized carbons (Fsp3) is 0.158. The van der Waals surface area contributed by atoms with E-state index < -0.39 is 0 Å². The highest BCUT2D eigenvalue weighted by Crippen LogP contribution is 2.25. The maximum Gasteiger partial charge on any atom is 0.253 e. The molecular weight excluding hydrogens is 335 g/mol. The number of anilines is 1. The smallest absolute Gasteiger partial charge is 0.253 e. The summed E-state index contributed by atoms with van der Waals surface area (Å²) in [5.41, 5.74) is 7.93. The first-order chi connectivity index (χ1) is 12.6. The summed E-state index contributed by atoms with van der Waals surface area (Å²) in [6.07, 6.45) is 0. The number of nitrogen functional groups attached to an aromatic ring is 1. The van der Waals surface area contributed by atoms with E-state index >= 15 is 0 Å². The second-order valence-electron chi connectivity index (χ2n) is 5.60. The van der Waals surface area contributed by atoms with Gasteiger partial charge in [0.1, 0.15) is 30.1 Å². The van der Waals surface area contributed by atoms with Gasteiger partial charge in [0.15, 0.2) is 5.56 Å². The van der Waals surface area contributed by atoms with Crippen molar-refractivity contribution in [1.29, 1.82) is 5.26 Å². The molecule has 0 saturated heterocycles. The highest BCUT2D eigenvalue weighted by atomic mass is 19.1. The molecule has 0 spiro atoms. The molecule has 6 nitrogen and oxygen atoms in total. The molecule has 0 unspecified atom stereocenters. The molecule has 0 saturated carbocycles. The minimum absolute atomic E-state index is 0.155. The van der Waals surface area contributed by atoms with E-state index in [1.165, 1.54) is 16.8 Å². The zero-order valence-corrected chi connectivity index (χ0v) is 14.1. The van der Waals surface area contributed by atoms with Crippen LogP contribution in [0.2, 0.25) is 0 Å². The summed E-state index contributed by atoms with van der Waals surface area (Å²) in [6.45, 7) is 0.554. The van der Waals surface area contributed by atoms with Crippen LogP contribution >= 0.6 is 0 Å². The van der Waals surface area contributed by atoms with Gasteiger partial charge in [-0.25, -0.2) is 9.07 Å². The van der Waals surface area contributed by atoms with Crippen LogP contribution in [0, 0.1) is 17.1 Å². The molecule has 0 aliphatic heterocycles. The predicted molar refractivity (Wildman–Crippen MR) is 94.2 cm³/mol. The summed E-state index contributed by atoms with van der Waals surface area (Å²) in [6, 6.07) is 15.4. The lowest BCUT2D eigenvalue weighted by Crippen LogP contribution is -2.06. The van der Waals surface area contributed by atoms with Crippen LogP contribution < -0.4 is 15.2 Å². The Labute approximate surface area is 150 Å². The normalized spacial score (nSPS) is 10.3. The van der Waals surface area contributed by atoms with Crippen LogP contribution in [0.1, 0.15) is 16.7 Å². The first-order valence-electron chi connectivity index (χ1n) is 7.87. The van der Waals surface area contributed by atoms with Crippen LogP contribution in [0.5, 0.6) is 11.6 Å². The number of nitrogens with two attached hydrogens (primary N) is 1. The number of hydrogen-bond acceptors (Lipinski definition) is 5. The summed E-state index contributed by atoms with van der Waals surface area (Å²) in [7, 11) is 1.60. The molecule has 7 heteroatoms. The van der Waals surface area contributed by atoms with Gasteiger partial charge >= 0.3 is 0 Å². The lowest BCUT2D eigenvalue weighted by atomic mass is 10.2. The molecule has 0 bridgehead atoms. The quantitative estimate of drug-likeness (QED) is 0.737. The number of nitrogens with zero attached hydrogens (tertiary/aromatic N) is 3. The Kier molecular flexibility index (Phi) is 5.04. The van der Waals surface area contributed by atoms with E-state index in [0.29, 0.717) is 6.54 Å². The van der Waals surface area contributed by atoms with Crippen molar-refractivity contribution in [3.05, 3.63) is 71.0 Å². The van der Waals surface area contributed by atoms with Crippen molar-refractivity contribution in [1.82, 2.24) is 9.78 Å². The van der Waals surface area contributed by atoms with Crippen LogP contribution in [-0.2, 0) is 13.2 Å². The molecule has 132 valence electrons. The SMILES string of the molecule is COc1ccc(Cn2nc(OCc3ccc(F)cc3)c(C#N)c2N)cc1. The zero-order chi connectivity index (χ0) is 18.5. The number of aromatic nitrogens is 2. The van der Waals surface area contributed by atoms with Crippen molar-refractivity contribution in [2.75, 3.05) is 12.8 Å². The van der Waals surface area contributed by atoms with E-state index in [0.717, 1.165) is 16.9 Å². The van der Waals surface area contributed by atoms with Crippen molar-refractivity contribution >= 4 is 5.82 Å². The topological polar surface area (TPSA) is 86.1 Å². The number of benzene rings is 2. The Hall–Kier alpha value is -3.53. The van der Waals surface area contributed by atoms with Gasteiger partial charge in [0.2, 0.25) is 0 Å². The minimum Gasteiger partial charge on any atom is -0.497 e. The van der Waals surface area contributed by atoms with E-state index in [1.54, 1.807) is 19.2 Å². The average molecular weight is 352 g/mol. The number of nitriles is 1. The first-order valence-corrected chi connectivity index (χ1v) is 7.87. The maximum absolute atomic E-state index is 13.0. The van der Waals surface area contributed by atoms with E-state index in [2.05, 4.69) is 5.10 Å². The third-order valence-electron chi connectivity index (χ3n) is 3.85. The van der Waals surface area contributed by atoms with Crippen LogP contribution in [0.25, 0.3) is 0 Å². The Balaban J connectivity index is 1.77. The van der Waals surface area contributed by atoms with E-state index in [1.807, 2.05) is 30.3 Å². The molecule has 0 amide bonds. The predicted octanol–water partition coefficient (Wildman–Crippen LogP) is 3.11. The lowest BCUT2D eigenvalue weighted by molar-refractivity contribution is 0.289. The molecular formula is C19H17FN4O2. The Morgan fingerprint density at radius 3 is 2.38 bits per heavy atom. The van der Waals surface area contributed by atoms with Gasteiger partial charge in [0, 0.05) is 0 Å². The first kappa shape index (κ1) is 17.3. The minimum atomic E-state index is -0.320. The molecule has 0 aliphatic rings. The van der Waals surface area contributed by atoms with Crippen molar-refractivity contribution in [3.8, 4) is 17.7 Å². The van der Waals surface area contributed by atoms with Crippen molar-refractivity contribution in [2.24, 2.45) is 0 Å². The molecule has 0 atom stereocenters. The van der Waals surface area contributed by atoms with Gasteiger partial charge in [-0.15, -0.1) is 5.10 Å². The van der Waals surface area contributed by atoms with Crippen molar-refractivity contribution < 1.29 is 13.9 Å². The molecule has 2 aromatic carbocycles. The number of ether oxygens (including phenoxy) is 2. The third kappa shape index (κ3) is 3.75. The summed E-state index contributed by atoms with van der Waals surface area (Å²) < 4.78 is 25.2. The molecule has 1 heterocycles. The number of methoxy groups -OCH3 is 1. The standard InChI is InChI=1S/C19H17FN4O2/c1-25-16-8-4-13(5-9-16)11-24-18(22)17(10-21)19(23-24)26-12-14-2-6-15(20)7-3-14/h2-9H,11-12,22H2,1H3. The zero-order valence-electron chi connectivity index (χ0n) is 14.1. The van der Waals surface area contributed by atoms with Gasteiger partial charge in [-0.3, -0.25) is 0 Å². The summed E-state index contributed by atoms with van der Waals surface area (Å²) in [4.78, 5) is 0. The fourth-order valence-corrected chi connectivity index (χ4v) is 2.41. The fourth-order valence-electron chi connectivity index (χ4n) is 2.41. The third-order valence-corrected chi connectivity index (χ3v) is 3.85. The Bertz CT molecular complexity index is 928. The van der Waals surface area contributed by atoms with Gasteiger partial charge in [0.25, 0.3) is 5.88 Å². The molecule has 2 N–H and O–H groups in total. The van der Waals surface area contributed by atoms with Crippen molar-refractivity contribution in [3.63, 3.8) is 0 Å². The summed E-state index contributed by atoms with van der Waals surface area (Å²) >= 11 is 0. The molecule has 0 radical (unpaired) electrons.